The van der Waals surface area contributed by atoms with Crippen molar-refractivity contribution in [3.63, 3.8) is 0 Å². The van der Waals surface area contributed by atoms with Crippen molar-refractivity contribution >= 4 is 11.7 Å². The second-order valence-corrected chi connectivity index (χ2v) is 8.14. The van der Waals surface area contributed by atoms with Gasteiger partial charge in [0.05, 0.1) is 17.3 Å². The predicted molar refractivity (Wildman–Crippen MR) is 104 cm³/mol. The summed E-state index contributed by atoms with van der Waals surface area (Å²) in [6, 6.07) is 2.55. The SMILES string of the molecule is Cc1noc(C)c1CCC(=O)N1CCC2CCN(c3ccc(C(F)(F)F)cn3)CC21. The molecule has 2 fully saturated rings. The van der Waals surface area contributed by atoms with Crippen LogP contribution in [0.4, 0.5) is 19.0 Å². The van der Waals surface area contributed by atoms with Crippen LogP contribution in [0.2, 0.25) is 0 Å². The fraction of sp³-hybridized carbons (Fsp3) is 0.571. The first-order valence-electron chi connectivity index (χ1n) is 10.2. The normalized spacial score (nSPS) is 21.8. The van der Waals surface area contributed by atoms with Gasteiger partial charge in [0, 0.05) is 37.8 Å². The van der Waals surface area contributed by atoms with E-state index in [1.807, 2.05) is 23.6 Å². The molecule has 2 saturated heterocycles. The molecule has 4 rings (SSSR count). The molecule has 0 aliphatic carbocycles. The average molecular weight is 422 g/mol. The van der Waals surface area contributed by atoms with E-state index in [1.165, 1.54) is 6.07 Å². The van der Waals surface area contributed by atoms with Crippen LogP contribution in [-0.2, 0) is 17.4 Å². The van der Waals surface area contributed by atoms with Crippen LogP contribution in [0.1, 0.15) is 41.8 Å². The number of amides is 1. The lowest BCUT2D eigenvalue weighted by Crippen LogP contribution is -2.50. The summed E-state index contributed by atoms with van der Waals surface area (Å²) in [5.74, 6) is 1.80. The van der Waals surface area contributed by atoms with Crippen molar-refractivity contribution < 1.29 is 22.5 Å². The summed E-state index contributed by atoms with van der Waals surface area (Å²) in [5.41, 5.74) is 1.05. The van der Waals surface area contributed by atoms with E-state index in [0.29, 0.717) is 31.1 Å². The van der Waals surface area contributed by atoms with Gasteiger partial charge in [-0.2, -0.15) is 13.2 Å². The Bertz CT molecular complexity index is 890. The number of aryl methyl sites for hydroxylation is 2. The fourth-order valence-electron chi connectivity index (χ4n) is 4.63. The number of hydrogen-bond donors (Lipinski definition) is 0. The van der Waals surface area contributed by atoms with Crippen molar-refractivity contribution in [2.75, 3.05) is 24.5 Å². The Morgan fingerprint density at radius 2 is 2.00 bits per heavy atom. The number of anilines is 1. The summed E-state index contributed by atoms with van der Waals surface area (Å²) in [6.45, 7) is 5.78. The Hall–Kier alpha value is -2.58. The highest BCUT2D eigenvalue weighted by atomic mass is 19.4. The summed E-state index contributed by atoms with van der Waals surface area (Å²) in [5, 5.41) is 3.94. The van der Waals surface area contributed by atoms with Crippen molar-refractivity contribution in [1.29, 1.82) is 0 Å². The van der Waals surface area contributed by atoms with E-state index in [0.717, 1.165) is 55.2 Å². The standard InChI is InChI=1S/C21H25F3N4O2/c1-13-17(14(2)30-26-13)4-6-20(29)28-10-8-15-7-9-27(12-18(15)28)19-5-3-16(11-25-19)21(22,23)24/h3,5,11,15,18H,4,6-10,12H2,1-2H3. The van der Waals surface area contributed by atoms with E-state index in [2.05, 4.69) is 10.1 Å². The Morgan fingerprint density at radius 1 is 1.23 bits per heavy atom. The topological polar surface area (TPSA) is 62.5 Å². The summed E-state index contributed by atoms with van der Waals surface area (Å²) >= 11 is 0. The monoisotopic (exact) mass is 422 g/mol. The van der Waals surface area contributed by atoms with Crippen LogP contribution in [0.15, 0.2) is 22.9 Å². The quantitative estimate of drug-likeness (QED) is 0.751. The second kappa shape index (κ2) is 7.92. The van der Waals surface area contributed by atoms with Crippen LogP contribution in [0.3, 0.4) is 0 Å². The lowest BCUT2D eigenvalue weighted by atomic mass is 9.92. The zero-order valence-corrected chi connectivity index (χ0v) is 17.1. The molecule has 2 aliphatic rings. The third-order valence-corrected chi connectivity index (χ3v) is 6.35. The van der Waals surface area contributed by atoms with Crippen molar-refractivity contribution in [1.82, 2.24) is 15.0 Å². The number of rotatable bonds is 4. The molecule has 1 amide bonds. The number of fused-ring (bicyclic) bond motifs is 1. The Morgan fingerprint density at radius 3 is 2.63 bits per heavy atom. The molecule has 0 saturated carbocycles. The summed E-state index contributed by atoms with van der Waals surface area (Å²) in [7, 11) is 0. The fourth-order valence-corrected chi connectivity index (χ4v) is 4.63. The van der Waals surface area contributed by atoms with Gasteiger partial charge in [-0.3, -0.25) is 4.79 Å². The first kappa shape index (κ1) is 20.7. The highest BCUT2D eigenvalue weighted by Crippen LogP contribution is 2.35. The molecule has 0 spiro atoms. The molecular weight excluding hydrogens is 397 g/mol. The maximum Gasteiger partial charge on any atom is 0.417 e. The minimum Gasteiger partial charge on any atom is -0.361 e. The third kappa shape index (κ3) is 4.02. The number of pyridine rings is 1. The molecule has 2 atom stereocenters. The maximum absolute atomic E-state index is 12.9. The molecule has 2 aliphatic heterocycles. The van der Waals surface area contributed by atoms with Gasteiger partial charge in [0.2, 0.25) is 5.91 Å². The molecule has 2 aromatic rings. The van der Waals surface area contributed by atoms with E-state index in [4.69, 9.17) is 4.52 Å². The number of carbonyl (C=O) groups is 1. The van der Waals surface area contributed by atoms with Gasteiger partial charge in [0.1, 0.15) is 11.6 Å². The Kier molecular flexibility index (Phi) is 5.46. The van der Waals surface area contributed by atoms with Gasteiger partial charge in [-0.05, 0) is 51.2 Å². The number of carbonyl (C=O) groups excluding carboxylic acids is 1. The summed E-state index contributed by atoms with van der Waals surface area (Å²) in [4.78, 5) is 20.9. The van der Waals surface area contributed by atoms with Crippen LogP contribution < -0.4 is 4.90 Å². The van der Waals surface area contributed by atoms with Crippen molar-refractivity contribution in [2.24, 2.45) is 5.92 Å². The van der Waals surface area contributed by atoms with Crippen LogP contribution in [0, 0.1) is 19.8 Å². The second-order valence-electron chi connectivity index (χ2n) is 8.14. The molecule has 9 heteroatoms. The number of aromatic nitrogens is 2. The largest absolute Gasteiger partial charge is 0.417 e. The molecule has 0 N–H and O–H groups in total. The molecule has 2 aromatic heterocycles. The van der Waals surface area contributed by atoms with E-state index < -0.39 is 11.7 Å². The predicted octanol–water partition coefficient (Wildman–Crippen LogP) is 3.77. The Labute approximate surface area is 173 Å². The Balaban J connectivity index is 1.41. The molecule has 2 unspecified atom stereocenters. The zero-order chi connectivity index (χ0) is 21.5. The third-order valence-electron chi connectivity index (χ3n) is 6.35. The van der Waals surface area contributed by atoms with Crippen LogP contribution in [0.25, 0.3) is 0 Å². The molecule has 4 heterocycles. The van der Waals surface area contributed by atoms with Gasteiger partial charge < -0.3 is 14.3 Å². The molecule has 30 heavy (non-hydrogen) atoms. The number of nitrogens with zero attached hydrogens (tertiary/aromatic N) is 4. The van der Waals surface area contributed by atoms with Gasteiger partial charge in [-0.15, -0.1) is 0 Å². The highest BCUT2D eigenvalue weighted by molar-refractivity contribution is 5.77. The molecular formula is C21H25F3N4O2. The molecule has 162 valence electrons. The van der Waals surface area contributed by atoms with Gasteiger partial charge >= 0.3 is 6.18 Å². The van der Waals surface area contributed by atoms with Crippen molar-refractivity contribution in [3.8, 4) is 0 Å². The highest BCUT2D eigenvalue weighted by Gasteiger charge is 2.41. The zero-order valence-electron chi connectivity index (χ0n) is 17.1. The number of halogens is 3. The number of alkyl halides is 3. The van der Waals surface area contributed by atoms with E-state index >= 15 is 0 Å². The first-order chi connectivity index (χ1) is 14.2. The first-order valence-corrected chi connectivity index (χ1v) is 10.2. The van der Waals surface area contributed by atoms with Gasteiger partial charge in [0.25, 0.3) is 0 Å². The minimum absolute atomic E-state index is 0.0695. The van der Waals surface area contributed by atoms with Gasteiger partial charge in [0.15, 0.2) is 0 Å². The van der Waals surface area contributed by atoms with E-state index in [9.17, 15) is 18.0 Å². The van der Waals surface area contributed by atoms with Gasteiger partial charge in [-0.1, -0.05) is 5.16 Å². The molecule has 0 bridgehead atoms. The summed E-state index contributed by atoms with van der Waals surface area (Å²) < 4.78 is 43.6. The lowest BCUT2D eigenvalue weighted by Gasteiger charge is -2.39. The smallest absolute Gasteiger partial charge is 0.361 e. The van der Waals surface area contributed by atoms with E-state index in [1.54, 1.807) is 0 Å². The van der Waals surface area contributed by atoms with Gasteiger partial charge in [-0.25, -0.2) is 4.98 Å². The molecule has 0 radical (unpaired) electrons. The minimum atomic E-state index is -4.39. The lowest BCUT2D eigenvalue weighted by molar-refractivity contribution is -0.138. The number of hydrogen-bond acceptors (Lipinski definition) is 5. The molecule has 0 aromatic carbocycles. The maximum atomic E-state index is 12.9. The van der Waals surface area contributed by atoms with E-state index in [-0.39, 0.29) is 11.9 Å². The summed E-state index contributed by atoms with van der Waals surface area (Å²) in [6.07, 6.45) is -0.656. The molecule has 6 nitrogen and oxygen atoms in total. The van der Waals surface area contributed by atoms with Crippen molar-refractivity contribution in [3.05, 3.63) is 40.9 Å². The average Bonchev–Trinajstić information content (AvgIpc) is 3.28. The van der Waals surface area contributed by atoms with Crippen LogP contribution >= 0.6 is 0 Å². The van der Waals surface area contributed by atoms with Crippen molar-refractivity contribution in [2.45, 2.75) is 51.7 Å². The number of likely N-dealkylation sites (tertiary alicyclic amines) is 1. The number of piperidine rings is 1. The van der Waals surface area contributed by atoms with Crippen LogP contribution in [-0.4, -0.2) is 46.6 Å². The van der Waals surface area contributed by atoms with Crippen LogP contribution in [0.5, 0.6) is 0 Å².